The fraction of sp³-hybridized carbons (Fsp3) is 0.350. The van der Waals surface area contributed by atoms with E-state index in [-0.39, 0.29) is 22.8 Å². The molecule has 1 amide bonds. The number of hydrogen-bond donors (Lipinski definition) is 1. The lowest BCUT2D eigenvalue weighted by atomic mass is 10.2. The molecule has 3 rings (SSSR count). The van der Waals surface area contributed by atoms with E-state index in [4.69, 9.17) is 8.37 Å². The molecule has 0 aliphatic carbocycles. The van der Waals surface area contributed by atoms with Crippen LogP contribution in [0.5, 0.6) is 0 Å². The molecule has 0 aromatic heterocycles. The predicted molar refractivity (Wildman–Crippen MR) is 111 cm³/mol. The fourth-order valence-corrected chi connectivity index (χ4v) is 5.24. The largest absolute Gasteiger partial charge is 0.465 e. The van der Waals surface area contributed by atoms with Crippen LogP contribution in [-0.2, 0) is 28.6 Å². The number of nitrogens with zero attached hydrogens (tertiary/aromatic N) is 1. The lowest BCUT2D eigenvalue weighted by Crippen LogP contribution is -2.38. The Bertz CT molecular complexity index is 1140. The molecule has 0 saturated carbocycles. The Hall–Kier alpha value is -2.47. The van der Waals surface area contributed by atoms with Crippen molar-refractivity contribution in [2.24, 2.45) is 0 Å². The zero-order valence-corrected chi connectivity index (χ0v) is 18.6. The fourth-order valence-electron chi connectivity index (χ4n) is 3.22. The number of aryl methyl sites for hydroxylation is 2. The van der Waals surface area contributed by atoms with Gasteiger partial charge in [-0.1, -0.05) is 35.4 Å². The van der Waals surface area contributed by atoms with Gasteiger partial charge in [-0.15, -0.1) is 0 Å². The third-order valence-corrected chi connectivity index (χ3v) is 7.59. The normalized spacial score (nSPS) is 19.5. The summed E-state index contributed by atoms with van der Waals surface area (Å²) >= 11 is 0. The van der Waals surface area contributed by atoms with E-state index in [9.17, 15) is 26.7 Å². The molecule has 168 valence electrons. The average molecular weight is 470 g/mol. The first-order chi connectivity index (χ1) is 14.5. The van der Waals surface area contributed by atoms with Gasteiger partial charge < -0.3 is 10.0 Å². The van der Waals surface area contributed by atoms with E-state index in [1.165, 1.54) is 24.3 Å². The Kier molecular flexibility index (Phi) is 6.70. The van der Waals surface area contributed by atoms with Crippen molar-refractivity contribution in [3.63, 3.8) is 0 Å². The van der Waals surface area contributed by atoms with Crippen LogP contribution in [0, 0.1) is 13.8 Å². The van der Waals surface area contributed by atoms with E-state index in [2.05, 4.69) is 0 Å². The number of rotatable bonds is 7. The molecule has 2 atom stereocenters. The Morgan fingerprint density at radius 2 is 1.42 bits per heavy atom. The van der Waals surface area contributed by atoms with Crippen molar-refractivity contribution in [3.05, 3.63) is 59.7 Å². The second-order valence-corrected chi connectivity index (χ2v) is 10.5. The van der Waals surface area contributed by atoms with E-state index in [1.54, 1.807) is 24.3 Å². The van der Waals surface area contributed by atoms with Gasteiger partial charge in [0.05, 0.1) is 35.1 Å². The highest BCUT2D eigenvalue weighted by atomic mass is 32.2. The highest BCUT2D eigenvalue weighted by Gasteiger charge is 2.39. The van der Waals surface area contributed by atoms with Crippen molar-refractivity contribution >= 4 is 26.3 Å². The van der Waals surface area contributed by atoms with Gasteiger partial charge in [0.2, 0.25) is 0 Å². The Balaban J connectivity index is 1.69. The summed E-state index contributed by atoms with van der Waals surface area (Å²) in [6, 6.07) is 11.2. The molecule has 0 radical (unpaired) electrons. The maximum atomic E-state index is 12.5. The molecule has 1 heterocycles. The number of carbonyl (C=O) groups is 1. The molecule has 1 aliphatic rings. The molecular weight excluding hydrogens is 446 g/mol. The Labute approximate surface area is 181 Å². The van der Waals surface area contributed by atoms with Gasteiger partial charge in [0.25, 0.3) is 20.2 Å². The quantitative estimate of drug-likeness (QED) is 0.613. The van der Waals surface area contributed by atoms with E-state index >= 15 is 0 Å². The van der Waals surface area contributed by atoms with Crippen LogP contribution in [0.25, 0.3) is 0 Å². The van der Waals surface area contributed by atoms with Gasteiger partial charge in [0, 0.05) is 0 Å². The lowest BCUT2D eigenvalue weighted by molar-refractivity contribution is 0.122. The summed E-state index contributed by atoms with van der Waals surface area (Å²) in [6.07, 6.45) is -2.31. The van der Waals surface area contributed by atoms with Crippen molar-refractivity contribution in [1.82, 2.24) is 4.90 Å². The number of likely N-dealkylation sites (tertiary alicyclic amines) is 1. The molecule has 2 aromatic carbocycles. The van der Waals surface area contributed by atoms with Crippen LogP contribution in [-0.4, -0.2) is 58.2 Å². The molecular formula is C20H23NO8S2. The molecule has 1 N–H and O–H groups in total. The van der Waals surface area contributed by atoms with E-state index < -0.39 is 45.1 Å². The van der Waals surface area contributed by atoms with Gasteiger partial charge in [-0.2, -0.15) is 16.8 Å². The smallest absolute Gasteiger partial charge is 0.407 e. The number of carboxylic acid groups (broad SMARTS) is 1. The van der Waals surface area contributed by atoms with E-state index in [0.717, 1.165) is 16.0 Å². The summed E-state index contributed by atoms with van der Waals surface area (Å²) in [5.74, 6) is 0. The van der Waals surface area contributed by atoms with Gasteiger partial charge in [0.15, 0.2) is 0 Å². The highest BCUT2D eigenvalue weighted by molar-refractivity contribution is 7.87. The van der Waals surface area contributed by atoms with Gasteiger partial charge in [-0.05, 0) is 44.5 Å². The third-order valence-electron chi connectivity index (χ3n) is 4.92. The van der Waals surface area contributed by atoms with Crippen LogP contribution < -0.4 is 0 Å². The predicted octanol–water partition coefficient (Wildman–Crippen LogP) is 2.54. The Morgan fingerprint density at radius 1 is 0.935 bits per heavy atom. The molecule has 1 fully saturated rings. The standard InChI is InChI=1S/C20H23NO8S2/c1-14-3-7-18(8-4-14)30(24,25)28-13-16-11-17(12-21(16)20(22)23)29-31(26,27)19-9-5-15(2)6-10-19/h3-10,16-17H,11-13H2,1-2H3,(H,22,23)/t16-,17-/m1/s1. The second-order valence-electron chi connectivity index (χ2n) is 7.36. The first-order valence-electron chi connectivity index (χ1n) is 9.43. The summed E-state index contributed by atoms with van der Waals surface area (Å²) < 4.78 is 60.0. The minimum atomic E-state index is -4.10. The number of hydrogen-bond acceptors (Lipinski definition) is 7. The van der Waals surface area contributed by atoms with Crippen molar-refractivity contribution in [2.75, 3.05) is 13.2 Å². The molecule has 11 heteroatoms. The van der Waals surface area contributed by atoms with E-state index in [0.29, 0.717) is 0 Å². The average Bonchev–Trinajstić information content (AvgIpc) is 3.09. The number of amides is 1. The van der Waals surface area contributed by atoms with Crippen molar-refractivity contribution in [2.45, 2.75) is 42.2 Å². The number of benzene rings is 2. The SMILES string of the molecule is Cc1ccc(S(=O)(=O)OC[C@H]2C[C@@H](OS(=O)(=O)c3ccc(C)cc3)CN2C(=O)O)cc1. The lowest BCUT2D eigenvalue weighted by Gasteiger charge is -2.20. The zero-order valence-electron chi connectivity index (χ0n) is 17.0. The minimum Gasteiger partial charge on any atom is -0.465 e. The summed E-state index contributed by atoms with van der Waals surface area (Å²) in [7, 11) is -8.19. The van der Waals surface area contributed by atoms with Crippen LogP contribution in [0.3, 0.4) is 0 Å². The zero-order chi connectivity index (χ0) is 22.8. The van der Waals surface area contributed by atoms with Crippen molar-refractivity contribution < 1.29 is 35.1 Å². The van der Waals surface area contributed by atoms with Gasteiger partial charge >= 0.3 is 6.09 Å². The molecule has 2 aromatic rings. The van der Waals surface area contributed by atoms with Crippen LogP contribution in [0.1, 0.15) is 17.5 Å². The maximum Gasteiger partial charge on any atom is 0.407 e. The summed E-state index contributed by atoms with van der Waals surface area (Å²) in [4.78, 5) is 12.4. The van der Waals surface area contributed by atoms with Crippen molar-refractivity contribution in [3.8, 4) is 0 Å². The monoisotopic (exact) mass is 469 g/mol. The summed E-state index contributed by atoms with van der Waals surface area (Å²) in [6.45, 7) is 2.95. The van der Waals surface area contributed by atoms with Crippen LogP contribution in [0.2, 0.25) is 0 Å². The minimum absolute atomic E-state index is 0.0270. The molecule has 0 unspecified atom stereocenters. The first-order valence-corrected chi connectivity index (χ1v) is 12.3. The van der Waals surface area contributed by atoms with Gasteiger partial charge in [-0.25, -0.2) is 4.79 Å². The molecule has 0 spiro atoms. The Morgan fingerprint density at radius 3 is 1.90 bits per heavy atom. The summed E-state index contributed by atoms with van der Waals surface area (Å²) in [5.41, 5.74) is 1.76. The second kappa shape index (κ2) is 8.95. The first kappa shape index (κ1) is 23.2. The molecule has 0 bridgehead atoms. The molecule has 1 aliphatic heterocycles. The van der Waals surface area contributed by atoms with Crippen LogP contribution in [0.15, 0.2) is 58.3 Å². The van der Waals surface area contributed by atoms with E-state index in [1.807, 2.05) is 13.8 Å². The van der Waals surface area contributed by atoms with Gasteiger partial charge in [0.1, 0.15) is 0 Å². The maximum absolute atomic E-state index is 12.5. The topological polar surface area (TPSA) is 127 Å². The summed E-state index contributed by atoms with van der Waals surface area (Å²) in [5, 5.41) is 9.44. The van der Waals surface area contributed by atoms with Gasteiger partial charge in [-0.3, -0.25) is 8.37 Å². The molecule has 31 heavy (non-hydrogen) atoms. The van der Waals surface area contributed by atoms with Crippen molar-refractivity contribution in [1.29, 1.82) is 0 Å². The molecule has 9 nitrogen and oxygen atoms in total. The van der Waals surface area contributed by atoms with Crippen LogP contribution >= 0.6 is 0 Å². The third kappa shape index (κ3) is 5.62. The highest BCUT2D eigenvalue weighted by Crippen LogP contribution is 2.26. The van der Waals surface area contributed by atoms with Crippen LogP contribution in [0.4, 0.5) is 4.79 Å². The molecule has 1 saturated heterocycles.